The van der Waals surface area contributed by atoms with Crippen LogP contribution in [0.15, 0.2) is 0 Å². The van der Waals surface area contributed by atoms with Crippen molar-refractivity contribution in [3.8, 4) is 0 Å². The van der Waals surface area contributed by atoms with Gasteiger partial charge in [-0.25, -0.2) is 4.79 Å². The minimum atomic E-state index is -0.583. The molecular weight excluding hydrogens is 300 g/mol. The van der Waals surface area contributed by atoms with Crippen molar-refractivity contribution in [2.75, 3.05) is 53.0 Å². The zero-order valence-electron chi connectivity index (χ0n) is 13.7. The number of methoxy groups -OCH3 is 1. The Kier molecular flexibility index (Phi) is 5.50. The molecule has 0 aromatic carbocycles. The second-order valence-electron chi connectivity index (χ2n) is 6.57. The lowest BCUT2D eigenvalue weighted by molar-refractivity contribution is -0.157. The average molecular weight is 326 g/mol. The van der Waals surface area contributed by atoms with Crippen molar-refractivity contribution >= 4 is 11.9 Å². The Morgan fingerprint density at radius 3 is 2.57 bits per heavy atom. The van der Waals surface area contributed by atoms with Gasteiger partial charge in [-0.1, -0.05) is 0 Å². The molecular formula is C16H26N2O5. The first kappa shape index (κ1) is 16.7. The van der Waals surface area contributed by atoms with E-state index in [1.807, 2.05) is 4.90 Å². The fourth-order valence-electron chi connectivity index (χ4n) is 3.66. The van der Waals surface area contributed by atoms with Gasteiger partial charge in [-0.2, -0.15) is 0 Å². The molecule has 0 aromatic rings. The number of amides is 1. The highest BCUT2D eigenvalue weighted by atomic mass is 16.6. The van der Waals surface area contributed by atoms with Crippen LogP contribution in [0.4, 0.5) is 0 Å². The Bertz CT molecular complexity index is 438. The summed E-state index contributed by atoms with van der Waals surface area (Å²) >= 11 is 0. The molecule has 0 radical (unpaired) electrons. The third-order valence-electron chi connectivity index (χ3n) is 4.98. The lowest BCUT2D eigenvalue weighted by atomic mass is 10.1. The van der Waals surface area contributed by atoms with E-state index in [1.54, 1.807) is 0 Å². The maximum Gasteiger partial charge on any atom is 0.335 e. The zero-order valence-corrected chi connectivity index (χ0v) is 13.7. The minimum absolute atomic E-state index is 0.0286. The summed E-state index contributed by atoms with van der Waals surface area (Å²) in [5.41, 5.74) is 0. The van der Waals surface area contributed by atoms with E-state index in [0.717, 1.165) is 52.4 Å². The Morgan fingerprint density at radius 1 is 1.09 bits per heavy atom. The molecule has 23 heavy (non-hydrogen) atoms. The first-order chi connectivity index (χ1) is 11.2. The summed E-state index contributed by atoms with van der Waals surface area (Å²) in [7, 11) is 1.34. The molecule has 3 saturated heterocycles. The van der Waals surface area contributed by atoms with Gasteiger partial charge in [0.05, 0.1) is 20.3 Å². The van der Waals surface area contributed by atoms with Crippen LogP contribution in [0.1, 0.15) is 19.3 Å². The summed E-state index contributed by atoms with van der Waals surface area (Å²) in [6.07, 6.45) is 1.13. The van der Waals surface area contributed by atoms with Crippen LogP contribution in [0.3, 0.4) is 0 Å². The first-order valence-electron chi connectivity index (χ1n) is 8.49. The Hall–Kier alpha value is -1.18. The van der Waals surface area contributed by atoms with E-state index in [4.69, 9.17) is 9.47 Å². The molecule has 3 heterocycles. The SMILES string of the molecule is COC(=O)[C@H]1CC[C@@H](C(=O)N2CC[C@H](CN3CCOCC3)C2)O1. The molecule has 0 saturated carbocycles. The van der Waals surface area contributed by atoms with Crippen molar-refractivity contribution < 1.29 is 23.8 Å². The van der Waals surface area contributed by atoms with E-state index in [2.05, 4.69) is 9.64 Å². The largest absolute Gasteiger partial charge is 0.467 e. The van der Waals surface area contributed by atoms with E-state index in [0.29, 0.717) is 18.8 Å². The van der Waals surface area contributed by atoms with Crippen molar-refractivity contribution in [1.29, 1.82) is 0 Å². The van der Waals surface area contributed by atoms with Gasteiger partial charge < -0.3 is 19.1 Å². The molecule has 3 fully saturated rings. The van der Waals surface area contributed by atoms with E-state index in [-0.39, 0.29) is 11.9 Å². The van der Waals surface area contributed by atoms with Crippen molar-refractivity contribution in [3.63, 3.8) is 0 Å². The van der Waals surface area contributed by atoms with Crippen LogP contribution in [0.25, 0.3) is 0 Å². The third kappa shape index (κ3) is 4.02. The van der Waals surface area contributed by atoms with Gasteiger partial charge >= 0.3 is 5.97 Å². The fraction of sp³-hybridized carbons (Fsp3) is 0.875. The number of likely N-dealkylation sites (tertiary alicyclic amines) is 1. The van der Waals surface area contributed by atoms with Crippen LogP contribution in [-0.2, 0) is 23.8 Å². The maximum absolute atomic E-state index is 12.6. The topological polar surface area (TPSA) is 68.3 Å². The number of nitrogens with zero attached hydrogens (tertiary/aromatic N) is 2. The van der Waals surface area contributed by atoms with Gasteiger partial charge in [-0.05, 0) is 25.2 Å². The van der Waals surface area contributed by atoms with Crippen molar-refractivity contribution in [1.82, 2.24) is 9.80 Å². The molecule has 7 heteroatoms. The highest BCUT2D eigenvalue weighted by Crippen LogP contribution is 2.25. The van der Waals surface area contributed by atoms with Crippen molar-refractivity contribution in [2.24, 2.45) is 5.92 Å². The Labute approximate surface area is 136 Å². The predicted molar refractivity (Wildman–Crippen MR) is 81.9 cm³/mol. The van der Waals surface area contributed by atoms with Crippen molar-refractivity contribution in [2.45, 2.75) is 31.5 Å². The van der Waals surface area contributed by atoms with Crippen LogP contribution in [0.5, 0.6) is 0 Å². The molecule has 0 aromatic heterocycles. The Balaban J connectivity index is 1.45. The molecule has 0 unspecified atom stereocenters. The van der Waals surface area contributed by atoms with Gasteiger partial charge in [0.2, 0.25) is 0 Å². The molecule has 0 spiro atoms. The van der Waals surface area contributed by atoms with Gasteiger partial charge in [0, 0.05) is 32.7 Å². The number of carbonyl (C=O) groups is 2. The molecule has 3 aliphatic rings. The number of hydrogen-bond acceptors (Lipinski definition) is 6. The van der Waals surface area contributed by atoms with Gasteiger partial charge in [0.25, 0.3) is 5.91 Å². The van der Waals surface area contributed by atoms with Gasteiger partial charge in [0.15, 0.2) is 6.10 Å². The third-order valence-corrected chi connectivity index (χ3v) is 4.98. The van der Waals surface area contributed by atoms with E-state index < -0.39 is 12.2 Å². The number of esters is 1. The molecule has 0 bridgehead atoms. The van der Waals surface area contributed by atoms with E-state index in [9.17, 15) is 9.59 Å². The number of rotatable bonds is 4. The fourth-order valence-corrected chi connectivity index (χ4v) is 3.66. The molecule has 0 N–H and O–H groups in total. The zero-order chi connectivity index (χ0) is 16.2. The van der Waals surface area contributed by atoms with Gasteiger partial charge in [-0.3, -0.25) is 9.69 Å². The standard InChI is InChI=1S/C16H26N2O5/c1-21-16(20)14-3-2-13(23-14)15(19)18-5-4-12(11-18)10-17-6-8-22-9-7-17/h12-14H,2-11H2,1H3/t12-,13+,14-/m1/s1. The van der Waals surface area contributed by atoms with Gasteiger partial charge in [-0.15, -0.1) is 0 Å². The summed E-state index contributed by atoms with van der Waals surface area (Å²) in [6, 6.07) is 0. The predicted octanol–water partition coefficient (Wildman–Crippen LogP) is -0.112. The van der Waals surface area contributed by atoms with Crippen LogP contribution in [0, 0.1) is 5.92 Å². The van der Waals surface area contributed by atoms with E-state index >= 15 is 0 Å². The van der Waals surface area contributed by atoms with Crippen LogP contribution in [0.2, 0.25) is 0 Å². The lowest BCUT2D eigenvalue weighted by Crippen LogP contribution is -2.41. The summed E-state index contributed by atoms with van der Waals surface area (Å²) < 4.78 is 15.6. The molecule has 130 valence electrons. The molecule has 1 amide bonds. The van der Waals surface area contributed by atoms with Crippen molar-refractivity contribution in [3.05, 3.63) is 0 Å². The molecule has 3 aliphatic heterocycles. The summed E-state index contributed by atoms with van der Waals surface area (Å²) in [5.74, 6) is 0.169. The molecule has 0 aliphatic carbocycles. The number of morpholine rings is 1. The average Bonchev–Trinajstić information content (AvgIpc) is 3.24. The number of ether oxygens (including phenoxy) is 3. The quantitative estimate of drug-likeness (QED) is 0.672. The lowest BCUT2D eigenvalue weighted by Gasteiger charge is -2.29. The first-order valence-corrected chi connectivity index (χ1v) is 8.49. The van der Waals surface area contributed by atoms with Crippen LogP contribution >= 0.6 is 0 Å². The second kappa shape index (κ2) is 7.59. The van der Waals surface area contributed by atoms with Crippen LogP contribution < -0.4 is 0 Å². The minimum Gasteiger partial charge on any atom is -0.467 e. The number of carbonyl (C=O) groups excluding carboxylic acids is 2. The Morgan fingerprint density at radius 2 is 1.83 bits per heavy atom. The smallest absolute Gasteiger partial charge is 0.335 e. The van der Waals surface area contributed by atoms with E-state index in [1.165, 1.54) is 7.11 Å². The molecule has 7 nitrogen and oxygen atoms in total. The molecule has 3 atom stereocenters. The highest BCUT2D eigenvalue weighted by Gasteiger charge is 2.39. The summed E-state index contributed by atoms with van der Waals surface area (Å²) in [6.45, 7) is 6.19. The molecule has 3 rings (SSSR count). The second-order valence-corrected chi connectivity index (χ2v) is 6.57. The van der Waals surface area contributed by atoms with Gasteiger partial charge in [0.1, 0.15) is 6.10 Å². The summed E-state index contributed by atoms with van der Waals surface area (Å²) in [4.78, 5) is 28.4. The monoisotopic (exact) mass is 326 g/mol. The summed E-state index contributed by atoms with van der Waals surface area (Å²) in [5, 5.41) is 0. The normalized spacial score (nSPS) is 32.2. The number of hydrogen-bond donors (Lipinski definition) is 0. The van der Waals surface area contributed by atoms with Crippen LogP contribution in [-0.4, -0.2) is 86.9 Å². The maximum atomic E-state index is 12.6. The highest BCUT2D eigenvalue weighted by molar-refractivity contribution is 5.83.